The van der Waals surface area contributed by atoms with E-state index in [-0.39, 0.29) is 6.42 Å². The van der Waals surface area contributed by atoms with Crippen molar-refractivity contribution < 1.29 is 14.0 Å². The normalized spacial score (nSPS) is 16.9. The number of benzene rings is 1. The smallest absolute Gasteiger partial charge is 0.151 e. The van der Waals surface area contributed by atoms with Crippen molar-refractivity contribution in [3.63, 3.8) is 0 Å². The lowest BCUT2D eigenvalue weighted by Gasteiger charge is -2.27. The molecule has 2 aromatic rings. The van der Waals surface area contributed by atoms with Gasteiger partial charge in [-0.3, -0.25) is 0 Å². The molecule has 0 saturated carbocycles. The maximum Gasteiger partial charge on any atom is 0.151 e. The molecule has 0 bridgehead atoms. The maximum absolute atomic E-state index is 11.4. The zero-order chi connectivity index (χ0) is 12.5. The molecule has 0 amide bonds. The Balaban J connectivity index is 2.28. The largest absolute Gasteiger partial charge is 0.777 e. The van der Waals surface area contributed by atoms with E-state index in [9.17, 15) is 9.46 Å². The summed E-state index contributed by atoms with van der Waals surface area (Å²) in [6.45, 7) is 0. The standard InChI is InChI=1S/C11H15N2O3P/c1-16-17(14,15)11(12)6-8-7-13-10-5-3-2-4-9(8)10/h2-5,7,11,13H,6,12H2,1H3,(H,14,15)/p-1. The van der Waals surface area contributed by atoms with Gasteiger partial charge in [0.25, 0.3) is 0 Å². The number of rotatable bonds is 4. The van der Waals surface area contributed by atoms with E-state index in [0.29, 0.717) is 0 Å². The summed E-state index contributed by atoms with van der Waals surface area (Å²) in [5.74, 6) is -1.02. The molecule has 0 aliphatic heterocycles. The van der Waals surface area contributed by atoms with Crippen molar-refractivity contribution in [2.75, 3.05) is 7.11 Å². The molecule has 0 aliphatic carbocycles. The quantitative estimate of drug-likeness (QED) is 0.801. The van der Waals surface area contributed by atoms with E-state index in [0.717, 1.165) is 23.6 Å². The molecule has 6 heteroatoms. The van der Waals surface area contributed by atoms with Crippen LogP contribution in [0.3, 0.4) is 0 Å². The third kappa shape index (κ3) is 2.42. The average Bonchev–Trinajstić information content (AvgIpc) is 2.73. The first-order chi connectivity index (χ1) is 8.04. The van der Waals surface area contributed by atoms with Crippen molar-refractivity contribution in [1.29, 1.82) is 0 Å². The van der Waals surface area contributed by atoms with Crippen LogP contribution in [0.2, 0.25) is 0 Å². The first kappa shape index (κ1) is 12.3. The molecule has 0 saturated heterocycles. The van der Waals surface area contributed by atoms with E-state index in [2.05, 4.69) is 9.51 Å². The maximum atomic E-state index is 11.4. The van der Waals surface area contributed by atoms with Crippen LogP contribution in [0.25, 0.3) is 10.9 Å². The zero-order valence-corrected chi connectivity index (χ0v) is 10.3. The number of H-pyrrole nitrogens is 1. The third-order valence-electron chi connectivity index (χ3n) is 2.76. The molecule has 17 heavy (non-hydrogen) atoms. The molecule has 2 rings (SSSR count). The van der Waals surface area contributed by atoms with Gasteiger partial charge in [0.1, 0.15) is 0 Å². The second-order valence-electron chi connectivity index (χ2n) is 3.85. The Morgan fingerprint density at radius 1 is 1.53 bits per heavy atom. The summed E-state index contributed by atoms with van der Waals surface area (Å²) in [5, 5.41) is 0.985. The van der Waals surface area contributed by atoms with E-state index >= 15 is 0 Å². The molecule has 2 unspecified atom stereocenters. The van der Waals surface area contributed by atoms with Gasteiger partial charge in [-0.1, -0.05) is 18.2 Å². The van der Waals surface area contributed by atoms with Gasteiger partial charge in [0.15, 0.2) is 7.60 Å². The topological polar surface area (TPSA) is 91.2 Å². The highest BCUT2D eigenvalue weighted by Gasteiger charge is 2.19. The molecule has 1 heterocycles. The lowest BCUT2D eigenvalue weighted by Crippen LogP contribution is -2.29. The number of fused-ring (bicyclic) bond motifs is 1. The van der Waals surface area contributed by atoms with Crippen LogP contribution in [-0.2, 0) is 15.5 Å². The van der Waals surface area contributed by atoms with Crippen LogP contribution in [0, 0.1) is 0 Å². The van der Waals surface area contributed by atoms with Crippen molar-refractivity contribution in [3.05, 3.63) is 36.0 Å². The number of para-hydroxylation sites is 1. The van der Waals surface area contributed by atoms with Crippen LogP contribution < -0.4 is 10.6 Å². The molecular weight excluding hydrogens is 239 g/mol. The number of aromatic amines is 1. The summed E-state index contributed by atoms with van der Waals surface area (Å²) < 4.78 is 15.9. The van der Waals surface area contributed by atoms with Gasteiger partial charge in [-0.25, -0.2) is 0 Å². The number of hydrogen-bond acceptors (Lipinski definition) is 4. The summed E-state index contributed by atoms with van der Waals surface area (Å²) in [7, 11) is -2.84. The Kier molecular flexibility index (Phi) is 3.35. The minimum absolute atomic E-state index is 0.235. The number of nitrogens with one attached hydrogen (secondary N) is 1. The Morgan fingerprint density at radius 2 is 2.24 bits per heavy atom. The molecule has 0 aliphatic rings. The summed E-state index contributed by atoms with van der Waals surface area (Å²) in [6.07, 6.45) is 2.01. The monoisotopic (exact) mass is 253 g/mol. The molecular formula is C11H14N2O3P-. The van der Waals surface area contributed by atoms with Gasteiger partial charge in [-0.15, -0.1) is 0 Å². The van der Waals surface area contributed by atoms with Crippen molar-refractivity contribution in [2.45, 2.75) is 12.2 Å². The number of hydrogen-bond donors (Lipinski definition) is 2. The first-order valence-electron chi connectivity index (χ1n) is 5.21. The molecule has 2 atom stereocenters. The fourth-order valence-electron chi connectivity index (χ4n) is 1.77. The summed E-state index contributed by atoms with van der Waals surface area (Å²) in [6, 6.07) is 7.67. The fourth-order valence-corrected chi connectivity index (χ4v) is 2.46. The van der Waals surface area contributed by atoms with Gasteiger partial charge in [0.2, 0.25) is 0 Å². The zero-order valence-electron chi connectivity index (χ0n) is 9.42. The summed E-state index contributed by atoms with van der Waals surface area (Å²) >= 11 is 0. The molecule has 0 fully saturated rings. The van der Waals surface area contributed by atoms with Gasteiger partial charge in [0, 0.05) is 24.2 Å². The van der Waals surface area contributed by atoms with Crippen molar-refractivity contribution >= 4 is 18.5 Å². The molecule has 0 radical (unpaired) electrons. The van der Waals surface area contributed by atoms with Gasteiger partial charge >= 0.3 is 0 Å². The van der Waals surface area contributed by atoms with E-state index in [4.69, 9.17) is 5.73 Å². The van der Waals surface area contributed by atoms with Crippen LogP contribution in [0.15, 0.2) is 30.5 Å². The van der Waals surface area contributed by atoms with Crippen LogP contribution in [-0.4, -0.2) is 17.9 Å². The Hall–Kier alpha value is -1.13. The van der Waals surface area contributed by atoms with E-state index in [1.165, 1.54) is 0 Å². The number of nitrogens with two attached hydrogens (primary N) is 1. The fraction of sp³-hybridized carbons (Fsp3) is 0.273. The second kappa shape index (κ2) is 4.63. The van der Waals surface area contributed by atoms with Crippen LogP contribution in [0.5, 0.6) is 0 Å². The van der Waals surface area contributed by atoms with Gasteiger partial charge in [-0.05, 0) is 18.1 Å². The predicted molar refractivity (Wildman–Crippen MR) is 64.6 cm³/mol. The lowest BCUT2D eigenvalue weighted by molar-refractivity contribution is -0.198. The van der Waals surface area contributed by atoms with E-state index in [1.807, 2.05) is 24.3 Å². The summed E-state index contributed by atoms with van der Waals surface area (Å²) in [4.78, 5) is 14.5. The minimum atomic E-state index is -3.97. The van der Waals surface area contributed by atoms with Gasteiger partial charge in [-0.2, -0.15) is 0 Å². The number of aromatic nitrogens is 1. The lowest BCUT2D eigenvalue weighted by atomic mass is 10.1. The van der Waals surface area contributed by atoms with Crippen molar-refractivity contribution in [3.8, 4) is 0 Å². The van der Waals surface area contributed by atoms with Crippen LogP contribution >= 0.6 is 7.60 Å². The first-order valence-corrected chi connectivity index (χ1v) is 6.83. The average molecular weight is 253 g/mol. The molecule has 3 N–H and O–H groups in total. The van der Waals surface area contributed by atoms with E-state index < -0.39 is 13.4 Å². The summed E-state index contributed by atoms with van der Waals surface area (Å²) in [5.41, 5.74) is 7.47. The molecule has 5 nitrogen and oxygen atoms in total. The van der Waals surface area contributed by atoms with Gasteiger partial charge < -0.3 is 24.7 Å². The minimum Gasteiger partial charge on any atom is -0.777 e. The van der Waals surface area contributed by atoms with Crippen LogP contribution in [0.4, 0.5) is 0 Å². The second-order valence-corrected chi connectivity index (χ2v) is 5.96. The Bertz CT molecular complexity index is 567. The highest BCUT2D eigenvalue weighted by molar-refractivity contribution is 7.52. The SMILES string of the molecule is COP(=O)([O-])C(N)Cc1c[nH]c2ccccc12. The molecule has 1 aromatic heterocycles. The van der Waals surface area contributed by atoms with Crippen molar-refractivity contribution in [1.82, 2.24) is 4.98 Å². The highest BCUT2D eigenvalue weighted by atomic mass is 31.2. The Labute approximate surface area is 99.1 Å². The van der Waals surface area contributed by atoms with Crippen LogP contribution in [0.1, 0.15) is 5.56 Å². The Morgan fingerprint density at radius 3 is 2.94 bits per heavy atom. The van der Waals surface area contributed by atoms with Gasteiger partial charge in [0.05, 0.1) is 5.78 Å². The third-order valence-corrected chi connectivity index (χ3v) is 4.27. The molecule has 1 aromatic carbocycles. The highest BCUT2D eigenvalue weighted by Crippen LogP contribution is 2.41. The van der Waals surface area contributed by atoms with Crippen molar-refractivity contribution in [2.24, 2.45) is 5.73 Å². The molecule has 0 spiro atoms. The van der Waals surface area contributed by atoms with E-state index in [1.54, 1.807) is 6.20 Å². The molecule has 92 valence electrons. The predicted octanol–water partition coefficient (Wildman–Crippen LogP) is 1.19.